The van der Waals surface area contributed by atoms with Gasteiger partial charge in [-0.15, -0.1) is 0 Å². The molecule has 0 unspecified atom stereocenters. The average Bonchev–Trinajstić information content (AvgIpc) is 2.95. The Bertz CT molecular complexity index is 288. The van der Waals surface area contributed by atoms with Crippen molar-refractivity contribution in [1.82, 2.24) is 9.80 Å². The summed E-state index contributed by atoms with van der Waals surface area (Å²) in [6, 6.07) is 0.439. The van der Waals surface area contributed by atoms with Crippen molar-refractivity contribution in [2.24, 2.45) is 5.92 Å². The van der Waals surface area contributed by atoms with Crippen molar-refractivity contribution in [3.63, 3.8) is 0 Å². The van der Waals surface area contributed by atoms with Crippen LogP contribution in [0.1, 0.15) is 33.6 Å². The standard InChI is InChI=1S/C14H26N2O2/c1-4-15(9-12-6-8-18-10-12)13-5-7-16(11(2)3)14(13)17/h11-13H,4-10H2,1-3H3/t12-,13+/m0/s1. The molecule has 4 heteroatoms. The van der Waals surface area contributed by atoms with Crippen LogP contribution in [0.4, 0.5) is 0 Å². The van der Waals surface area contributed by atoms with Gasteiger partial charge in [0, 0.05) is 25.7 Å². The van der Waals surface area contributed by atoms with E-state index in [1.54, 1.807) is 0 Å². The minimum absolute atomic E-state index is 0.109. The summed E-state index contributed by atoms with van der Waals surface area (Å²) >= 11 is 0. The number of rotatable bonds is 5. The Kier molecular flexibility index (Phi) is 4.62. The molecule has 2 heterocycles. The quantitative estimate of drug-likeness (QED) is 0.742. The van der Waals surface area contributed by atoms with Crippen LogP contribution in [-0.2, 0) is 9.53 Å². The monoisotopic (exact) mass is 254 g/mol. The van der Waals surface area contributed by atoms with Crippen molar-refractivity contribution in [1.29, 1.82) is 0 Å². The van der Waals surface area contributed by atoms with Crippen LogP contribution in [0.25, 0.3) is 0 Å². The highest BCUT2D eigenvalue weighted by molar-refractivity contribution is 5.84. The minimum Gasteiger partial charge on any atom is -0.381 e. The molecule has 2 fully saturated rings. The van der Waals surface area contributed by atoms with Gasteiger partial charge in [0.1, 0.15) is 0 Å². The molecule has 0 aromatic rings. The van der Waals surface area contributed by atoms with Crippen LogP contribution < -0.4 is 0 Å². The van der Waals surface area contributed by atoms with Crippen molar-refractivity contribution in [2.75, 3.05) is 32.8 Å². The molecule has 0 radical (unpaired) electrons. The Morgan fingerprint density at radius 2 is 2.22 bits per heavy atom. The number of likely N-dealkylation sites (tertiary alicyclic amines) is 1. The third-order valence-electron chi connectivity index (χ3n) is 4.20. The fraction of sp³-hybridized carbons (Fsp3) is 0.929. The Hall–Kier alpha value is -0.610. The molecule has 0 aliphatic carbocycles. The van der Waals surface area contributed by atoms with E-state index in [-0.39, 0.29) is 6.04 Å². The summed E-state index contributed by atoms with van der Waals surface area (Å²) in [5.41, 5.74) is 0. The molecule has 2 aliphatic heterocycles. The average molecular weight is 254 g/mol. The number of carbonyl (C=O) groups is 1. The first-order valence-electron chi connectivity index (χ1n) is 7.25. The molecule has 18 heavy (non-hydrogen) atoms. The summed E-state index contributed by atoms with van der Waals surface area (Å²) in [5, 5.41) is 0. The molecule has 0 N–H and O–H groups in total. The fourth-order valence-electron chi connectivity index (χ4n) is 3.07. The largest absolute Gasteiger partial charge is 0.381 e. The third kappa shape index (κ3) is 2.86. The molecule has 1 amide bonds. The molecule has 104 valence electrons. The van der Waals surface area contributed by atoms with Gasteiger partial charge in [0.15, 0.2) is 0 Å². The maximum Gasteiger partial charge on any atom is 0.240 e. The predicted molar refractivity (Wildman–Crippen MR) is 71.4 cm³/mol. The van der Waals surface area contributed by atoms with E-state index in [1.807, 2.05) is 4.90 Å². The first-order valence-corrected chi connectivity index (χ1v) is 7.25. The van der Waals surface area contributed by atoms with Crippen molar-refractivity contribution in [2.45, 2.75) is 45.7 Å². The Labute approximate surface area is 110 Å². The van der Waals surface area contributed by atoms with Crippen LogP contribution in [0.5, 0.6) is 0 Å². The molecule has 0 saturated carbocycles. The minimum atomic E-state index is 0.109. The van der Waals surface area contributed by atoms with Gasteiger partial charge in [-0.2, -0.15) is 0 Å². The lowest BCUT2D eigenvalue weighted by Crippen LogP contribution is -2.45. The maximum atomic E-state index is 12.4. The fourth-order valence-corrected chi connectivity index (χ4v) is 3.07. The van der Waals surface area contributed by atoms with Crippen LogP contribution in [0.3, 0.4) is 0 Å². The lowest BCUT2D eigenvalue weighted by atomic mass is 10.1. The summed E-state index contributed by atoms with van der Waals surface area (Å²) < 4.78 is 5.43. The van der Waals surface area contributed by atoms with E-state index >= 15 is 0 Å². The summed E-state index contributed by atoms with van der Waals surface area (Å²) in [7, 11) is 0. The van der Waals surface area contributed by atoms with E-state index in [9.17, 15) is 4.79 Å². The molecule has 0 bridgehead atoms. The summed E-state index contributed by atoms with van der Waals surface area (Å²) in [6.07, 6.45) is 2.13. The van der Waals surface area contributed by atoms with Crippen LogP contribution in [0.2, 0.25) is 0 Å². The van der Waals surface area contributed by atoms with Crippen LogP contribution >= 0.6 is 0 Å². The van der Waals surface area contributed by atoms with Gasteiger partial charge < -0.3 is 9.64 Å². The van der Waals surface area contributed by atoms with Crippen LogP contribution in [-0.4, -0.2) is 60.6 Å². The van der Waals surface area contributed by atoms with Crippen LogP contribution in [0, 0.1) is 5.92 Å². The van der Waals surface area contributed by atoms with Gasteiger partial charge in [-0.25, -0.2) is 0 Å². The van der Waals surface area contributed by atoms with Crippen molar-refractivity contribution in [3.8, 4) is 0 Å². The van der Waals surface area contributed by atoms with Gasteiger partial charge in [0.2, 0.25) is 5.91 Å². The van der Waals surface area contributed by atoms with Crippen molar-refractivity contribution < 1.29 is 9.53 Å². The second-order valence-corrected chi connectivity index (χ2v) is 5.75. The van der Waals surface area contributed by atoms with Gasteiger partial charge in [-0.05, 0) is 39.2 Å². The van der Waals surface area contributed by atoms with Gasteiger partial charge in [-0.3, -0.25) is 9.69 Å². The third-order valence-corrected chi connectivity index (χ3v) is 4.20. The van der Waals surface area contributed by atoms with E-state index in [2.05, 4.69) is 25.7 Å². The zero-order chi connectivity index (χ0) is 13.1. The second-order valence-electron chi connectivity index (χ2n) is 5.75. The first kappa shape index (κ1) is 13.8. The SMILES string of the molecule is CCN(C[C@@H]1CCOC1)[C@@H]1CCN(C(C)C)C1=O. The van der Waals surface area contributed by atoms with Crippen molar-refractivity contribution >= 4 is 5.91 Å². The molecule has 2 atom stereocenters. The lowest BCUT2D eigenvalue weighted by Gasteiger charge is -2.29. The highest BCUT2D eigenvalue weighted by atomic mass is 16.5. The predicted octanol–water partition coefficient (Wildman–Crippen LogP) is 1.35. The topological polar surface area (TPSA) is 32.8 Å². The van der Waals surface area contributed by atoms with Crippen LogP contribution in [0.15, 0.2) is 0 Å². The molecule has 2 rings (SSSR count). The van der Waals surface area contributed by atoms with Crippen molar-refractivity contribution in [3.05, 3.63) is 0 Å². The number of hydrogen-bond acceptors (Lipinski definition) is 3. The van der Waals surface area contributed by atoms with E-state index < -0.39 is 0 Å². The van der Waals surface area contributed by atoms with E-state index in [1.165, 1.54) is 0 Å². The normalized spacial score (nSPS) is 28.9. The highest BCUT2D eigenvalue weighted by Crippen LogP contribution is 2.22. The van der Waals surface area contributed by atoms with E-state index in [0.29, 0.717) is 17.9 Å². The van der Waals surface area contributed by atoms with Gasteiger partial charge in [0.05, 0.1) is 12.6 Å². The lowest BCUT2D eigenvalue weighted by molar-refractivity contribution is -0.133. The van der Waals surface area contributed by atoms with Gasteiger partial charge >= 0.3 is 0 Å². The zero-order valence-electron chi connectivity index (χ0n) is 11.9. The molecule has 2 aliphatic rings. The van der Waals surface area contributed by atoms with E-state index in [0.717, 1.165) is 45.7 Å². The summed E-state index contributed by atoms with van der Waals surface area (Å²) in [4.78, 5) is 16.7. The second kappa shape index (κ2) is 6.02. The molecular weight excluding hydrogens is 228 g/mol. The molecule has 0 aromatic heterocycles. The molecule has 2 saturated heterocycles. The molecule has 0 aromatic carbocycles. The number of nitrogens with zero attached hydrogens (tertiary/aromatic N) is 2. The molecule has 0 spiro atoms. The Morgan fingerprint density at radius 3 is 2.72 bits per heavy atom. The zero-order valence-corrected chi connectivity index (χ0v) is 11.9. The molecular formula is C14H26N2O2. The number of amides is 1. The first-order chi connectivity index (χ1) is 8.63. The van der Waals surface area contributed by atoms with Gasteiger partial charge in [0.25, 0.3) is 0 Å². The Balaban J connectivity index is 1.93. The Morgan fingerprint density at radius 1 is 1.44 bits per heavy atom. The molecule has 4 nitrogen and oxygen atoms in total. The van der Waals surface area contributed by atoms with E-state index in [4.69, 9.17) is 4.74 Å². The maximum absolute atomic E-state index is 12.4. The van der Waals surface area contributed by atoms with Gasteiger partial charge in [-0.1, -0.05) is 6.92 Å². The number of hydrogen-bond donors (Lipinski definition) is 0. The number of carbonyl (C=O) groups excluding carboxylic acids is 1. The summed E-state index contributed by atoms with van der Waals surface area (Å²) in [5.74, 6) is 0.941. The smallest absolute Gasteiger partial charge is 0.240 e. The highest BCUT2D eigenvalue weighted by Gasteiger charge is 2.37. The number of ether oxygens (including phenoxy) is 1. The number of likely N-dealkylation sites (N-methyl/N-ethyl adjacent to an activating group) is 1. The summed E-state index contributed by atoms with van der Waals surface area (Å²) in [6.45, 7) is 11.0.